The normalized spacial score (nSPS) is 7.36. The number of hydrogen-bond acceptors (Lipinski definition) is 2. The highest BCUT2D eigenvalue weighted by Gasteiger charge is 1.86. The minimum absolute atomic E-state index is 0. The van der Waals surface area contributed by atoms with Gasteiger partial charge in [-0.3, -0.25) is 0 Å². The summed E-state index contributed by atoms with van der Waals surface area (Å²) in [5, 5.41) is 8.36. The highest BCUT2D eigenvalue weighted by Crippen LogP contribution is 2.03. The van der Waals surface area contributed by atoms with Crippen LogP contribution in [0.4, 0.5) is 5.69 Å². The Bertz CT molecular complexity index is 253. The average Bonchev–Trinajstić information content (AvgIpc) is 2.08. The molecule has 0 spiro atoms. The first-order valence-electron chi connectivity index (χ1n) is 3.58. The van der Waals surface area contributed by atoms with Gasteiger partial charge in [-0.2, -0.15) is 5.26 Å². The fourth-order valence-corrected chi connectivity index (χ4v) is 0.608. The highest BCUT2D eigenvalue weighted by atomic mass is 14.5. The van der Waals surface area contributed by atoms with Gasteiger partial charge in [0.1, 0.15) is 0 Å². The zero-order valence-electron chi connectivity index (χ0n) is 6.83. The van der Waals surface area contributed by atoms with E-state index in [-0.39, 0.29) is 1.43 Å². The molecule has 0 saturated carbocycles. The van der Waals surface area contributed by atoms with Gasteiger partial charge >= 0.3 is 0 Å². The number of nitriles is 1. The molecule has 0 saturated heterocycles. The number of nitrogen functional groups attached to an aromatic ring is 1. The van der Waals surface area contributed by atoms with Crippen LogP contribution in [0.5, 0.6) is 0 Å². The maximum Gasteiger partial charge on any atom is 0.0992 e. The zero-order chi connectivity index (χ0) is 8.69. The van der Waals surface area contributed by atoms with E-state index in [0.717, 1.165) is 0 Å². The van der Waals surface area contributed by atoms with Crippen molar-refractivity contribution in [2.24, 2.45) is 0 Å². The second-order valence-corrected chi connectivity index (χ2v) is 1.74. The summed E-state index contributed by atoms with van der Waals surface area (Å²) in [6, 6.07) is 8.85. The highest BCUT2D eigenvalue weighted by molar-refractivity contribution is 5.44. The molecule has 1 rings (SSSR count). The topological polar surface area (TPSA) is 49.8 Å². The lowest BCUT2D eigenvalue weighted by atomic mass is 10.2. The van der Waals surface area contributed by atoms with Gasteiger partial charge in [0.05, 0.1) is 11.6 Å². The molecular weight excluding hydrogens is 136 g/mol. The Labute approximate surface area is 68.7 Å². The molecule has 2 N–H and O–H groups in total. The monoisotopic (exact) mass is 150 g/mol. The Morgan fingerprint density at radius 1 is 1.45 bits per heavy atom. The molecule has 0 unspecified atom stereocenters. The van der Waals surface area contributed by atoms with Crippen LogP contribution in [0.3, 0.4) is 0 Å². The number of benzene rings is 1. The summed E-state index contributed by atoms with van der Waals surface area (Å²) < 4.78 is 0. The van der Waals surface area contributed by atoms with Crippen molar-refractivity contribution < 1.29 is 1.43 Å². The molecule has 0 aromatic heterocycles. The van der Waals surface area contributed by atoms with E-state index >= 15 is 0 Å². The van der Waals surface area contributed by atoms with Gasteiger partial charge in [0.15, 0.2) is 0 Å². The lowest BCUT2D eigenvalue weighted by molar-refractivity contribution is 1.48. The molecule has 2 nitrogen and oxygen atoms in total. The van der Waals surface area contributed by atoms with Crippen molar-refractivity contribution in [1.82, 2.24) is 0 Å². The van der Waals surface area contributed by atoms with Gasteiger partial charge in [-0.1, -0.05) is 19.9 Å². The van der Waals surface area contributed by atoms with Crippen LogP contribution in [0.15, 0.2) is 24.3 Å². The van der Waals surface area contributed by atoms with Crippen LogP contribution in [0.2, 0.25) is 0 Å². The maximum absolute atomic E-state index is 8.36. The molecule has 1 aromatic rings. The Morgan fingerprint density at radius 3 is 2.45 bits per heavy atom. The molecule has 0 bridgehead atoms. The fourth-order valence-electron chi connectivity index (χ4n) is 0.608. The molecule has 0 heterocycles. The Balaban J connectivity index is 0. The minimum Gasteiger partial charge on any atom is -0.399 e. The SMILES string of the molecule is CC.N#Cc1cccc(N)c1.[HH]. The minimum atomic E-state index is 0. The van der Waals surface area contributed by atoms with Crippen molar-refractivity contribution in [2.45, 2.75) is 13.8 Å². The molecule has 0 atom stereocenters. The van der Waals surface area contributed by atoms with E-state index in [4.69, 9.17) is 11.0 Å². The van der Waals surface area contributed by atoms with E-state index in [1.165, 1.54) is 0 Å². The zero-order valence-corrected chi connectivity index (χ0v) is 6.83. The molecule has 11 heavy (non-hydrogen) atoms. The summed E-state index contributed by atoms with van der Waals surface area (Å²) in [6.07, 6.45) is 0. The van der Waals surface area contributed by atoms with Gasteiger partial charge in [-0.15, -0.1) is 0 Å². The molecule has 0 aliphatic rings. The van der Waals surface area contributed by atoms with E-state index < -0.39 is 0 Å². The van der Waals surface area contributed by atoms with Crippen LogP contribution in [0, 0.1) is 11.3 Å². The van der Waals surface area contributed by atoms with E-state index in [2.05, 4.69) is 0 Å². The molecular formula is C9H14N2. The van der Waals surface area contributed by atoms with Crippen molar-refractivity contribution in [2.75, 3.05) is 5.73 Å². The molecule has 0 amide bonds. The second kappa shape index (κ2) is 5.31. The first-order valence-corrected chi connectivity index (χ1v) is 3.58. The summed E-state index contributed by atoms with van der Waals surface area (Å²) >= 11 is 0. The number of nitrogens with two attached hydrogens (primary N) is 1. The molecule has 0 fully saturated rings. The lowest BCUT2D eigenvalue weighted by Gasteiger charge is -1.89. The van der Waals surface area contributed by atoms with E-state index in [0.29, 0.717) is 11.3 Å². The van der Waals surface area contributed by atoms with Crippen LogP contribution in [-0.2, 0) is 0 Å². The average molecular weight is 150 g/mol. The summed E-state index contributed by atoms with van der Waals surface area (Å²) in [5.41, 5.74) is 6.62. The number of anilines is 1. The third-order valence-electron chi connectivity index (χ3n) is 1.02. The van der Waals surface area contributed by atoms with Crippen LogP contribution >= 0.6 is 0 Å². The van der Waals surface area contributed by atoms with Crippen LogP contribution < -0.4 is 5.73 Å². The first-order chi connectivity index (χ1) is 5.33. The predicted octanol–water partition coefficient (Wildman–Crippen LogP) is 2.41. The summed E-state index contributed by atoms with van der Waals surface area (Å²) in [6.45, 7) is 4.00. The Hall–Kier alpha value is -1.49. The molecule has 60 valence electrons. The molecule has 0 aliphatic heterocycles. The van der Waals surface area contributed by atoms with Crippen molar-refractivity contribution in [3.8, 4) is 6.07 Å². The summed E-state index contributed by atoms with van der Waals surface area (Å²) in [4.78, 5) is 0. The van der Waals surface area contributed by atoms with Gasteiger partial charge < -0.3 is 5.73 Å². The van der Waals surface area contributed by atoms with E-state index in [1.807, 2.05) is 19.9 Å². The summed E-state index contributed by atoms with van der Waals surface area (Å²) in [5.74, 6) is 0. The third-order valence-corrected chi connectivity index (χ3v) is 1.02. The molecule has 1 aromatic carbocycles. The van der Waals surface area contributed by atoms with Crippen molar-refractivity contribution >= 4 is 5.69 Å². The van der Waals surface area contributed by atoms with Crippen LogP contribution in [0.1, 0.15) is 20.8 Å². The van der Waals surface area contributed by atoms with Gasteiger partial charge in [-0.05, 0) is 18.2 Å². The number of rotatable bonds is 0. The van der Waals surface area contributed by atoms with Crippen molar-refractivity contribution in [3.05, 3.63) is 29.8 Å². The van der Waals surface area contributed by atoms with Crippen LogP contribution in [0.25, 0.3) is 0 Å². The van der Waals surface area contributed by atoms with Crippen molar-refractivity contribution in [3.63, 3.8) is 0 Å². The Morgan fingerprint density at radius 2 is 2.09 bits per heavy atom. The number of nitrogens with zero attached hydrogens (tertiary/aromatic N) is 1. The van der Waals surface area contributed by atoms with Gasteiger partial charge in [-0.25, -0.2) is 0 Å². The summed E-state index contributed by atoms with van der Waals surface area (Å²) in [7, 11) is 0. The first kappa shape index (κ1) is 9.51. The molecule has 0 radical (unpaired) electrons. The van der Waals surface area contributed by atoms with Crippen LogP contribution in [-0.4, -0.2) is 0 Å². The Kier molecular flexibility index (Phi) is 4.59. The largest absolute Gasteiger partial charge is 0.399 e. The molecule has 2 heteroatoms. The lowest BCUT2D eigenvalue weighted by Crippen LogP contribution is -1.83. The second-order valence-electron chi connectivity index (χ2n) is 1.74. The van der Waals surface area contributed by atoms with Crippen molar-refractivity contribution in [1.29, 1.82) is 5.26 Å². The smallest absolute Gasteiger partial charge is 0.0992 e. The van der Waals surface area contributed by atoms with Gasteiger partial charge in [0, 0.05) is 7.11 Å². The fraction of sp³-hybridized carbons (Fsp3) is 0.222. The standard InChI is InChI=1S/C7H6N2.C2H6.H2/c8-5-6-2-1-3-7(9)4-6;1-2;/h1-4H,9H2;1-2H3;1H. The molecule has 0 aliphatic carbocycles. The number of hydrogen-bond donors (Lipinski definition) is 1. The van der Waals surface area contributed by atoms with Gasteiger partial charge in [0.25, 0.3) is 0 Å². The maximum atomic E-state index is 8.36. The quantitative estimate of drug-likeness (QED) is 0.577. The van der Waals surface area contributed by atoms with Gasteiger partial charge in [0.2, 0.25) is 0 Å². The third kappa shape index (κ3) is 3.27. The predicted molar refractivity (Wildman–Crippen MR) is 49.0 cm³/mol. The van der Waals surface area contributed by atoms with E-state index in [1.54, 1.807) is 24.3 Å². The van der Waals surface area contributed by atoms with E-state index in [9.17, 15) is 0 Å².